The second kappa shape index (κ2) is 4.81. The monoisotopic (exact) mass is 217 g/mol. The Bertz CT molecular complexity index is 471. The fourth-order valence-corrected chi connectivity index (χ4v) is 1.62. The van der Waals surface area contributed by atoms with Crippen molar-refractivity contribution >= 4 is 0 Å². The number of hydrogen-bond acceptors (Lipinski definition) is 3. The number of benzene rings is 1. The SMILES string of the molecule is CNCc1cc(F)ccc1-c1cncnc1. The molecule has 1 heterocycles. The van der Waals surface area contributed by atoms with Crippen molar-refractivity contribution in [2.75, 3.05) is 7.05 Å². The molecule has 3 nitrogen and oxygen atoms in total. The van der Waals surface area contributed by atoms with Crippen LogP contribution in [0.25, 0.3) is 11.1 Å². The van der Waals surface area contributed by atoms with E-state index in [1.54, 1.807) is 18.5 Å². The first-order chi connectivity index (χ1) is 7.81. The summed E-state index contributed by atoms with van der Waals surface area (Å²) in [5.74, 6) is -0.231. The molecule has 0 atom stereocenters. The topological polar surface area (TPSA) is 37.8 Å². The molecule has 0 aliphatic carbocycles. The zero-order valence-electron chi connectivity index (χ0n) is 8.94. The van der Waals surface area contributed by atoms with Crippen molar-refractivity contribution in [3.8, 4) is 11.1 Å². The van der Waals surface area contributed by atoms with Gasteiger partial charge in [0.2, 0.25) is 0 Å². The number of hydrogen-bond donors (Lipinski definition) is 1. The molecule has 0 spiro atoms. The molecule has 2 aromatic rings. The second-order valence-electron chi connectivity index (χ2n) is 3.46. The van der Waals surface area contributed by atoms with Crippen molar-refractivity contribution < 1.29 is 4.39 Å². The molecular formula is C12H12FN3. The summed E-state index contributed by atoms with van der Waals surface area (Å²) in [6.07, 6.45) is 4.92. The Labute approximate surface area is 93.4 Å². The number of rotatable bonds is 3. The maximum atomic E-state index is 13.1. The van der Waals surface area contributed by atoms with Crippen molar-refractivity contribution in [1.82, 2.24) is 15.3 Å². The molecule has 0 aliphatic rings. The van der Waals surface area contributed by atoms with Crippen LogP contribution in [-0.2, 0) is 6.54 Å². The molecule has 2 rings (SSSR count). The molecule has 0 amide bonds. The van der Waals surface area contributed by atoms with Gasteiger partial charge in [-0.3, -0.25) is 0 Å². The fraction of sp³-hybridized carbons (Fsp3) is 0.167. The van der Waals surface area contributed by atoms with Gasteiger partial charge < -0.3 is 5.32 Å². The zero-order chi connectivity index (χ0) is 11.4. The van der Waals surface area contributed by atoms with Crippen LogP contribution in [0.1, 0.15) is 5.56 Å². The first-order valence-electron chi connectivity index (χ1n) is 4.99. The molecular weight excluding hydrogens is 205 g/mol. The van der Waals surface area contributed by atoms with Gasteiger partial charge in [-0.25, -0.2) is 14.4 Å². The Hall–Kier alpha value is -1.81. The van der Waals surface area contributed by atoms with Gasteiger partial charge in [-0.05, 0) is 30.3 Å². The van der Waals surface area contributed by atoms with Gasteiger partial charge in [0, 0.05) is 24.5 Å². The molecule has 82 valence electrons. The van der Waals surface area contributed by atoms with Gasteiger partial charge in [0.15, 0.2) is 0 Å². The van der Waals surface area contributed by atoms with Gasteiger partial charge in [-0.1, -0.05) is 6.07 Å². The molecule has 0 saturated heterocycles. The summed E-state index contributed by atoms with van der Waals surface area (Å²) in [5, 5.41) is 3.01. The van der Waals surface area contributed by atoms with E-state index in [9.17, 15) is 4.39 Å². The normalized spacial score (nSPS) is 10.4. The number of halogens is 1. The van der Waals surface area contributed by atoms with Crippen LogP contribution in [-0.4, -0.2) is 17.0 Å². The van der Waals surface area contributed by atoms with Crippen LogP contribution in [0.3, 0.4) is 0 Å². The number of nitrogens with one attached hydrogen (secondary N) is 1. The minimum absolute atomic E-state index is 0.231. The number of nitrogens with zero attached hydrogens (tertiary/aromatic N) is 2. The van der Waals surface area contributed by atoms with E-state index in [0.717, 1.165) is 16.7 Å². The lowest BCUT2D eigenvalue weighted by Gasteiger charge is -2.08. The summed E-state index contributed by atoms with van der Waals surface area (Å²) < 4.78 is 13.1. The minimum Gasteiger partial charge on any atom is -0.316 e. The molecule has 0 radical (unpaired) electrons. The molecule has 1 aromatic carbocycles. The molecule has 0 aliphatic heterocycles. The fourth-order valence-electron chi connectivity index (χ4n) is 1.62. The third-order valence-corrected chi connectivity index (χ3v) is 2.31. The van der Waals surface area contributed by atoms with Gasteiger partial charge in [-0.2, -0.15) is 0 Å². The summed E-state index contributed by atoms with van der Waals surface area (Å²) in [6.45, 7) is 0.613. The van der Waals surface area contributed by atoms with E-state index in [1.807, 2.05) is 7.05 Å². The third-order valence-electron chi connectivity index (χ3n) is 2.31. The molecule has 1 N–H and O–H groups in total. The van der Waals surface area contributed by atoms with Gasteiger partial charge in [0.25, 0.3) is 0 Å². The van der Waals surface area contributed by atoms with Gasteiger partial charge in [-0.15, -0.1) is 0 Å². The highest BCUT2D eigenvalue weighted by molar-refractivity contribution is 5.65. The van der Waals surface area contributed by atoms with E-state index >= 15 is 0 Å². The minimum atomic E-state index is -0.231. The van der Waals surface area contributed by atoms with Crippen LogP contribution < -0.4 is 5.32 Å². The second-order valence-corrected chi connectivity index (χ2v) is 3.46. The highest BCUT2D eigenvalue weighted by Crippen LogP contribution is 2.23. The smallest absolute Gasteiger partial charge is 0.123 e. The highest BCUT2D eigenvalue weighted by Gasteiger charge is 2.06. The lowest BCUT2D eigenvalue weighted by atomic mass is 10.0. The Morgan fingerprint density at radius 3 is 2.69 bits per heavy atom. The van der Waals surface area contributed by atoms with Crippen molar-refractivity contribution in [2.24, 2.45) is 0 Å². The lowest BCUT2D eigenvalue weighted by molar-refractivity contribution is 0.624. The van der Waals surface area contributed by atoms with Crippen molar-refractivity contribution in [3.05, 3.63) is 48.3 Å². The summed E-state index contributed by atoms with van der Waals surface area (Å²) in [6, 6.07) is 4.72. The van der Waals surface area contributed by atoms with Crippen molar-refractivity contribution in [2.45, 2.75) is 6.54 Å². The van der Waals surface area contributed by atoms with Crippen molar-refractivity contribution in [3.63, 3.8) is 0 Å². The van der Waals surface area contributed by atoms with Crippen LogP contribution in [0.15, 0.2) is 36.9 Å². The van der Waals surface area contributed by atoms with E-state index in [4.69, 9.17) is 0 Å². The van der Waals surface area contributed by atoms with E-state index in [1.165, 1.54) is 18.5 Å². The zero-order valence-corrected chi connectivity index (χ0v) is 8.94. The maximum Gasteiger partial charge on any atom is 0.123 e. The van der Waals surface area contributed by atoms with Crippen LogP contribution in [0.5, 0.6) is 0 Å². The Morgan fingerprint density at radius 2 is 2.00 bits per heavy atom. The average Bonchev–Trinajstić information content (AvgIpc) is 2.31. The van der Waals surface area contributed by atoms with Crippen LogP contribution in [0, 0.1) is 5.82 Å². The summed E-state index contributed by atoms with van der Waals surface area (Å²) in [7, 11) is 1.83. The van der Waals surface area contributed by atoms with E-state index < -0.39 is 0 Å². The Morgan fingerprint density at radius 1 is 1.25 bits per heavy atom. The summed E-state index contributed by atoms with van der Waals surface area (Å²) in [4.78, 5) is 7.92. The first-order valence-corrected chi connectivity index (χ1v) is 4.99. The third kappa shape index (κ3) is 2.23. The van der Waals surface area contributed by atoms with Crippen LogP contribution >= 0.6 is 0 Å². The molecule has 16 heavy (non-hydrogen) atoms. The van der Waals surface area contributed by atoms with Gasteiger partial charge in [0.1, 0.15) is 12.1 Å². The molecule has 0 fully saturated rings. The van der Waals surface area contributed by atoms with Crippen LogP contribution in [0.4, 0.5) is 4.39 Å². The molecule has 4 heteroatoms. The maximum absolute atomic E-state index is 13.1. The van der Waals surface area contributed by atoms with E-state index in [0.29, 0.717) is 6.54 Å². The summed E-state index contributed by atoms with van der Waals surface area (Å²) in [5.41, 5.74) is 2.75. The highest BCUT2D eigenvalue weighted by atomic mass is 19.1. The van der Waals surface area contributed by atoms with E-state index in [2.05, 4.69) is 15.3 Å². The largest absolute Gasteiger partial charge is 0.316 e. The molecule has 1 aromatic heterocycles. The predicted molar refractivity (Wildman–Crippen MR) is 60.2 cm³/mol. The standard InChI is InChI=1S/C12H12FN3/c1-14-5-9-4-11(13)2-3-12(9)10-6-15-8-16-7-10/h2-4,6-8,14H,5H2,1H3. The predicted octanol–water partition coefficient (Wildman–Crippen LogP) is 2.00. The Kier molecular flexibility index (Phi) is 3.22. The average molecular weight is 217 g/mol. The van der Waals surface area contributed by atoms with Gasteiger partial charge in [0.05, 0.1) is 0 Å². The molecule has 0 saturated carbocycles. The lowest BCUT2D eigenvalue weighted by Crippen LogP contribution is -2.06. The first kappa shape index (κ1) is 10.7. The molecule has 0 bridgehead atoms. The van der Waals surface area contributed by atoms with Crippen molar-refractivity contribution in [1.29, 1.82) is 0 Å². The quantitative estimate of drug-likeness (QED) is 0.854. The molecule has 0 unspecified atom stereocenters. The number of aromatic nitrogens is 2. The van der Waals surface area contributed by atoms with Gasteiger partial charge >= 0.3 is 0 Å². The Balaban J connectivity index is 2.48. The summed E-state index contributed by atoms with van der Waals surface area (Å²) >= 11 is 0. The van der Waals surface area contributed by atoms with Crippen LogP contribution in [0.2, 0.25) is 0 Å². The van der Waals surface area contributed by atoms with E-state index in [-0.39, 0.29) is 5.82 Å².